The molecule has 0 saturated carbocycles. The largest absolute Gasteiger partial charge is 0.456 e. The Morgan fingerprint density at radius 2 is 1.84 bits per heavy atom. The Labute approximate surface area is 183 Å². The summed E-state index contributed by atoms with van der Waals surface area (Å²) in [7, 11) is -3.70. The Morgan fingerprint density at radius 1 is 1.12 bits per heavy atom. The van der Waals surface area contributed by atoms with Crippen molar-refractivity contribution in [2.24, 2.45) is 4.99 Å². The first kappa shape index (κ1) is 21.2. The molecule has 32 heavy (non-hydrogen) atoms. The third-order valence-corrected chi connectivity index (χ3v) is 5.80. The molecule has 0 aliphatic carbocycles. The van der Waals surface area contributed by atoms with E-state index < -0.39 is 22.0 Å². The Balaban J connectivity index is 1.43. The van der Waals surface area contributed by atoms with Crippen LogP contribution in [0.4, 0.5) is 17.6 Å². The van der Waals surface area contributed by atoms with Crippen LogP contribution in [0.15, 0.2) is 64.5 Å². The van der Waals surface area contributed by atoms with E-state index in [0.29, 0.717) is 5.56 Å². The van der Waals surface area contributed by atoms with Crippen LogP contribution in [0.25, 0.3) is 0 Å². The highest BCUT2D eigenvalue weighted by molar-refractivity contribution is 7.90. The number of nitrogens with one attached hydrogen (secondary N) is 2. The molecule has 3 aromatic rings. The quantitative estimate of drug-likeness (QED) is 0.468. The summed E-state index contributed by atoms with van der Waals surface area (Å²) in [4.78, 5) is 28.9. The second kappa shape index (κ2) is 8.59. The maximum atomic E-state index is 12.4. The van der Waals surface area contributed by atoms with Crippen LogP contribution in [-0.4, -0.2) is 41.2 Å². The Bertz CT molecular complexity index is 1300. The third-order valence-electron chi connectivity index (χ3n) is 4.40. The summed E-state index contributed by atoms with van der Waals surface area (Å²) in [6.07, 6.45) is 0. The molecule has 0 spiro atoms. The number of benzene rings is 2. The van der Waals surface area contributed by atoms with E-state index in [1.54, 1.807) is 18.2 Å². The summed E-state index contributed by atoms with van der Waals surface area (Å²) >= 11 is 0. The summed E-state index contributed by atoms with van der Waals surface area (Å²) in [6.45, 7) is 1.24. The molecule has 1 aromatic heterocycles. The molecular weight excluding hydrogens is 434 g/mol. The smallest absolute Gasteiger partial charge is 0.331 e. The van der Waals surface area contributed by atoms with Crippen LogP contribution in [-0.2, 0) is 26.2 Å². The molecule has 0 radical (unpaired) electrons. The van der Waals surface area contributed by atoms with Gasteiger partial charge in [-0.2, -0.15) is 15.0 Å². The maximum Gasteiger partial charge on any atom is 0.331 e. The number of rotatable bonds is 6. The van der Waals surface area contributed by atoms with Gasteiger partial charge < -0.3 is 15.8 Å². The number of carbonyl (C=O) groups is 1. The predicted molar refractivity (Wildman–Crippen MR) is 117 cm³/mol. The van der Waals surface area contributed by atoms with Crippen molar-refractivity contribution in [2.45, 2.75) is 24.5 Å². The SMILES string of the molecule is C[C@H](N=C1NS(=O)(=O)c2ccccc21)C(=O)OCc1nc(N)nc(Nc2ccccc2)n1. The standard InChI is InChI=1S/C20H19N7O4S/c1-12(22-17-14-9-5-6-10-15(14)32(29,30)27-17)18(28)31-11-16-24-19(21)26-20(25-16)23-13-7-3-2-4-8-13/h2-10,12H,11H2,1H3,(H,22,27)(H3,21,23,24,25,26)/t12-/m0/s1. The van der Waals surface area contributed by atoms with Crippen molar-refractivity contribution in [3.63, 3.8) is 0 Å². The molecule has 0 bridgehead atoms. The molecule has 1 aliphatic heterocycles. The third kappa shape index (κ3) is 4.64. The molecule has 1 aliphatic rings. The van der Waals surface area contributed by atoms with Gasteiger partial charge in [0.25, 0.3) is 10.0 Å². The van der Waals surface area contributed by atoms with Gasteiger partial charge in [0.15, 0.2) is 12.4 Å². The number of para-hydroxylation sites is 1. The van der Waals surface area contributed by atoms with Crippen molar-refractivity contribution in [3.05, 3.63) is 66.0 Å². The number of aliphatic imine (C=N–C) groups is 1. The first-order valence-corrected chi connectivity index (χ1v) is 11.0. The molecule has 0 fully saturated rings. The zero-order valence-electron chi connectivity index (χ0n) is 16.9. The van der Waals surface area contributed by atoms with Crippen LogP contribution in [0.2, 0.25) is 0 Å². The van der Waals surface area contributed by atoms with Crippen LogP contribution in [0, 0.1) is 0 Å². The summed E-state index contributed by atoms with van der Waals surface area (Å²) < 4.78 is 31.9. The Hall–Kier alpha value is -4.06. The van der Waals surface area contributed by atoms with Gasteiger partial charge in [-0.3, -0.25) is 9.71 Å². The van der Waals surface area contributed by atoms with E-state index in [9.17, 15) is 13.2 Å². The van der Waals surface area contributed by atoms with E-state index in [2.05, 4.69) is 30.0 Å². The number of aromatic nitrogens is 3. The molecule has 4 N–H and O–H groups in total. The molecule has 164 valence electrons. The average Bonchev–Trinajstić information content (AvgIpc) is 3.02. The molecule has 0 saturated heterocycles. The van der Waals surface area contributed by atoms with Gasteiger partial charge in [0, 0.05) is 11.3 Å². The minimum Gasteiger partial charge on any atom is -0.456 e. The number of esters is 1. The molecule has 2 heterocycles. The number of anilines is 3. The molecule has 0 unspecified atom stereocenters. The van der Waals surface area contributed by atoms with E-state index in [-0.39, 0.29) is 35.1 Å². The zero-order chi connectivity index (χ0) is 22.7. The van der Waals surface area contributed by atoms with Gasteiger partial charge in [-0.05, 0) is 31.2 Å². The lowest BCUT2D eigenvalue weighted by atomic mass is 10.2. The molecule has 1 atom stereocenters. The Morgan fingerprint density at radius 3 is 2.62 bits per heavy atom. The van der Waals surface area contributed by atoms with Crippen molar-refractivity contribution >= 4 is 39.4 Å². The minimum absolute atomic E-state index is 0.0326. The van der Waals surface area contributed by atoms with Crippen molar-refractivity contribution in [1.82, 2.24) is 19.7 Å². The number of carbonyl (C=O) groups excluding carboxylic acids is 1. The summed E-state index contributed by atoms with van der Waals surface area (Å²) in [5.74, 6) is -0.271. The van der Waals surface area contributed by atoms with Gasteiger partial charge in [-0.15, -0.1) is 0 Å². The van der Waals surface area contributed by atoms with Crippen molar-refractivity contribution in [1.29, 1.82) is 0 Å². The fourth-order valence-corrected chi connectivity index (χ4v) is 4.18. The van der Waals surface area contributed by atoms with Gasteiger partial charge in [-0.1, -0.05) is 30.3 Å². The monoisotopic (exact) mass is 453 g/mol. The molecular formula is C20H19N7O4S. The van der Waals surface area contributed by atoms with E-state index in [4.69, 9.17) is 10.5 Å². The number of hydrogen-bond acceptors (Lipinski definition) is 10. The first-order chi connectivity index (χ1) is 15.3. The van der Waals surface area contributed by atoms with Gasteiger partial charge >= 0.3 is 5.97 Å². The summed E-state index contributed by atoms with van der Waals surface area (Å²) in [6, 6.07) is 14.6. The van der Waals surface area contributed by atoms with Crippen LogP contribution < -0.4 is 15.8 Å². The molecule has 12 heteroatoms. The number of sulfonamides is 1. The highest BCUT2D eigenvalue weighted by atomic mass is 32.2. The van der Waals surface area contributed by atoms with E-state index in [1.165, 1.54) is 13.0 Å². The number of ether oxygens (including phenoxy) is 1. The summed E-state index contributed by atoms with van der Waals surface area (Å²) in [5.41, 5.74) is 6.88. The topological polar surface area (TPSA) is 162 Å². The lowest BCUT2D eigenvalue weighted by Gasteiger charge is -2.10. The number of amidine groups is 1. The van der Waals surface area contributed by atoms with Crippen LogP contribution >= 0.6 is 0 Å². The first-order valence-electron chi connectivity index (χ1n) is 9.51. The van der Waals surface area contributed by atoms with E-state index in [0.717, 1.165) is 5.69 Å². The van der Waals surface area contributed by atoms with Crippen LogP contribution in [0.5, 0.6) is 0 Å². The van der Waals surface area contributed by atoms with Crippen LogP contribution in [0.3, 0.4) is 0 Å². The number of hydrogen-bond donors (Lipinski definition) is 3. The number of nitrogen functional groups attached to an aromatic ring is 1. The second-order valence-corrected chi connectivity index (χ2v) is 8.44. The van der Waals surface area contributed by atoms with Crippen molar-refractivity contribution in [3.8, 4) is 0 Å². The van der Waals surface area contributed by atoms with Gasteiger partial charge in [0.1, 0.15) is 11.9 Å². The minimum atomic E-state index is -3.70. The van der Waals surface area contributed by atoms with Gasteiger partial charge in [-0.25, -0.2) is 13.2 Å². The Kier molecular flexibility index (Phi) is 5.69. The number of nitrogens with two attached hydrogens (primary N) is 1. The van der Waals surface area contributed by atoms with E-state index in [1.807, 2.05) is 30.3 Å². The fraction of sp³-hybridized carbons (Fsp3) is 0.150. The maximum absolute atomic E-state index is 12.4. The second-order valence-electron chi connectivity index (χ2n) is 6.79. The van der Waals surface area contributed by atoms with Gasteiger partial charge in [0.05, 0.1) is 4.90 Å². The van der Waals surface area contributed by atoms with Crippen molar-refractivity contribution < 1.29 is 17.9 Å². The highest BCUT2D eigenvalue weighted by Gasteiger charge is 2.31. The molecule has 4 rings (SSSR count). The highest BCUT2D eigenvalue weighted by Crippen LogP contribution is 2.22. The fourth-order valence-electron chi connectivity index (χ4n) is 2.94. The molecule has 11 nitrogen and oxygen atoms in total. The predicted octanol–water partition coefficient (Wildman–Crippen LogP) is 1.37. The lowest BCUT2D eigenvalue weighted by molar-refractivity contribution is -0.146. The van der Waals surface area contributed by atoms with Gasteiger partial charge in [0.2, 0.25) is 11.9 Å². The zero-order valence-corrected chi connectivity index (χ0v) is 17.7. The number of fused-ring (bicyclic) bond motifs is 1. The van der Waals surface area contributed by atoms with E-state index >= 15 is 0 Å². The normalized spacial score (nSPS) is 16.1. The average molecular weight is 453 g/mol. The number of nitrogens with zero attached hydrogens (tertiary/aromatic N) is 4. The summed E-state index contributed by atoms with van der Waals surface area (Å²) in [5, 5.41) is 2.99. The molecule has 0 amide bonds. The molecule has 2 aromatic carbocycles. The van der Waals surface area contributed by atoms with Crippen LogP contribution in [0.1, 0.15) is 18.3 Å². The van der Waals surface area contributed by atoms with Crippen molar-refractivity contribution in [2.75, 3.05) is 11.1 Å². The lowest BCUT2D eigenvalue weighted by Crippen LogP contribution is -2.26.